The zero-order valence-electron chi connectivity index (χ0n) is 13.4. The molecule has 2 rings (SSSR count). The number of ether oxygens (including phenoxy) is 1. The zero-order chi connectivity index (χ0) is 16.7. The van der Waals surface area contributed by atoms with Crippen molar-refractivity contribution in [2.24, 2.45) is 0 Å². The quantitative estimate of drug-likeness (QED) is 0.846. The lowest BCUT2D eigenvalue weighted by molar-refractivity contribution is -0.120. The van der Waals surface area contributed by atoms with Gasteiger partial charge in [-0.3, -0.25) is 14.2 Å². The molecule has 1 heterocycles. The molecule has 122 valence electrons. The second kappa shape index (κ2) is 8.12. The lowest BCUT2D eigenvalue weighted by Gasteiger charge is -2.08. The van der Waals surface area contributed by atoms with Gasteiger partial charge in [-0.25, -0.2) is 4.98 Å². The van der Waals surface area contributed by atoms with Crippen LogP contribution in [0, 0.1) is 0 Å². The number of benzene rings is 1. The number of hydrogen-bond acceptors (Lipinski definition) is 4. The van der Waals surface area contributed by atoms with E-state index in [9.17, 15) is 9.59 Å². The van der Waals surface area contributed by atoms with Crippen molar-refractivity contribution in [1.82, 2.24) is 14.9 Å². The maximum atomic E-state index is 12.1. The highest BCUT2D eigenvalue weighted by atomic mass is 16.5. The smallest absolute Gasteiger partial charge is 0.253 e. The molecule has 0 radical (unpaired) electrons. The van der Waals surface area contributed by atoms with Crippen LogP contribution in [0.1, 0.15) is 20.3 Å². The van der Waals surface area contributed by atoms with E-state index >= 15 is 0 Å². The van der Waals surface area contributed by atoms with Gasteiger partial charge in [0, 0.05) is 31.1 Å². The molecule has 6 heteroatoms. The Hall–Kier alpha value is -2.63. The van der Waals surface area contributed by atoms with Gasteiger partial charge in [-0.1, -0.05) is 6.92 Å². The first-order chi connectivity index (χ1) is 11.1. The molecule has 23 heavy (non-hydrogen) atoms. The third kappa shape index (κ3) is 4.67. The number of nitrogens with zero attached hydrogens (tertiary/aromatic N) is 2. The fourth-order valence-corrected chi connectivity index (χ4v) is 2.08. The summed E-state index contributed by atoms with van der Waals surface area (Å²) in [7, 11) is 0. The van der Waals surface area contributed by atoms with Crippen molar-refractivity contribution in [2.45, 2.75) is 26.8 Å². The van der Waals surface area contributed by atoms with Crippen LogP contribution in [-0.4, -0.2) is 28.6 Å². The van der Waals surface area contributed by atoms with Gasteiger partial charge in [0.15, 0.2) is 0 Å². The van der Waals surface area contributed by atoms with Crippen LogP contribution in [0.15, 0.2) is 41.5 Å². The summed E-state index contributed by atoms with van der Waals surface area (Å²) < 4.78 is 6.87. The molecule has 0 aliphatic rings. The highest BCUT2D eigenvalue weighted by Gasteiger charge is 2.04. The Labute approximate surface area is 135 Å². The first-order valence-electron chi connectivity index (χ1n) is 7.70. The summed E-state index contributed by atoms with van der Waals surface area (Å²) in [6.45, 7) is 5.15. The van der Waals surface area contributed by atoms with Crippen LogP contribution >= 0.6 is 0 Å². The third-order valence-electron chi connectivity index (χ3n) is 3.34. The normalized spacial score (nSPS) is 10.3. The van der Waals surface area contributed by atoms with Crippen molar-refractivity contribution in [3.8, 4) is 17.0 Å². The maximum Gasteiger partial charge on any atom is 0.253 e. The number of carbonyl (C=O) groups excluding carboxylic acids is 1. The van der Waals surface area contributed by atoms with E-state index in [1.165, 1.54) is 17.0 Å². The Morgan fingerprint density at radius 3 is 2.61 bits per heavy atom. The lowest BCUT2D eigenvalue weighted by Crippen LogP contribution is -2.30. The van der Waals surface area contributed by atoms with E-state index in [1.54, 1.807) is 6.92 Å². The number of carbonyl (C=O) groups is 1. The lowest BCUT2D eigenvalue weighted by atomic mass is 10.1. The van der Waals surface area contributed by atoms with E-state index in [4.69, 9.17) is 4.74 Å². The third-order valence-corrected chi connectivity index (χ3v) is 3.34. The standard InChI is InChI=1S/C17H21N3O3/c1-3-16(21)18-9-10-20-12-19-15(11-17(20)22)13-5-7-14(8-6-13)23-4-2/h5-8,11-12H,3-4,9-10H2,1-2H3,(H,18,21). The molecule has 0 bridgehead atoms. The highest BCUT2D eigenvalue weighted by molar-refractivity contribution is 5.75. The summed E-state index contributed by atoms with van der Waals surface area (Å²) in [6.07, 6.45) is 1.94. The summed E-state index contributed by atoms with van der Waals surface area (Å²) in [5.74, 6) is 0.758. The molecule has 0 saturated carbocycles. The molecule has 0 fully saturated rings. The SMILES string of the molecule is CCOc1ccc(-c2cc(=O)n(CCNC(=O)CC)cn2)cc1. The van der Waals surface area contributed by atoms with E-state index in [2.05, 4.69) is 10.3 Å². The fraction of sp³-hybridized carbons (Fsp3) is 0.353. The van der Waals surface area contributed by atoms with Crippen LogP contribution < -0.4 is 15.6 Å². The van der Waals surface area contributed by atoms with Gasteiger partial charge in [0.2, 0.25) is 5.91 Å². The first-order valence-corrected chi connectivity index (χ1v) is 7.70. The molecule has 2 aromatic rings. The van der Waals surface area contributed by atoms with Crippen LogP contribution in [0.3, 0.4) is 0 Å². The minimum Gasteiger partial charge on any atom is -0.494 e. The Morgan fingerprint density at radius 1 is 1.26 bits per heavy atom. The van der Waals surface area contributed by atoms with Crippen molar-refractivity contribution >= 4 is 5.91 Å². The highest BCUT2D eigenvalue weighted by Crippen LogP contribution is 2.19. The molecule has 1 aromatic heterocycles. The van der Waals surface area contributed by atoms with Crippen LogP contribution in [0.25, 0.3) is 11.3 Å². The largest absolute Gasteiger partial charge is 0.494 e. The van der Waals surface area contributed by atoms with E-state index in [0.717, 1.165) is 11.3 Å². The van der Waals surface area contributed by atoms with Crippen molar-refractivity contribution in [2.75, 3.05) is 13.2 Å². The number of nitrogens with one attached hydrogen (secondary N) is 1. The minimum absolute atomic E-state index is 0.0305. The topological polar surface area (TPSA) is 73.2 Å². The van der Waals surface area contributed by atoms with E-state index in [-0.39, 0.29) is 11.5 Å². The van der Waals surface area contributed by atoms with Gasteiger partial charge in [-0.15, -0.1) is 0 Å². The number of rotatable bonds is 7. The molecule has 1 aromatic carbocycles. The van der Waals surface area contributed by atoms with Crippen LogP contribution in [0.4, 0.5) is 0 Å². The van der Waals surface area contributed by atoms with Gasteiger partial charge in [0.1, 0.15) is 5.75 Å². The molecular weight excluding hydrogens is 294 g/mol. The Morgan fingerprint density at radius 2 is 2.00 bits per heavy atom. The fourth-order valence-electron chi connectivity index (χ4n) is 2.08. The van der Waals surface area contributed by atoms with Crippen molar-refractivity contribution < 1.29 is 9.53 Å². The Balaban J connectivity index is 2.06. The van der Waals surface area contributed by atoms with Crippen LogP contribution in [0.2, 0.25) is 0 Å². The summed E-state index contributed by atoms with van der Waals surface area (Å²) in [5, 5.41) is 2.73. The van der Waals surface area contributed by atoms with E-state index in [0.29, 0.717) is 31.8 Å². The summed E-state index contributed by atoms with van der Waals surface area (Å²) in [5.41, 5.74) is 1.33. The van der Waals surface area contributed by atoms with Crippen LogP contribution in [-0.2, 0) is 11.3 Å². The average molecular weight is 315 g/mol. The van der Waals surface area contributed by atoms with Gasteiger partial charge in [0.05, 0.1) is 18.6 Å². The van der Waals surface area contributed by atoms with Gasteiger partial charge in [-0.2, -0.15) is 0 Å². The molecule has 0 saturated heterocycles. The van der Waals surface area contributed by atoms with Crippen molar-refractivity contribution in [3.63, 3.8) is 0 Å². The minimum atomic E-state index is -0.144. The van der Waals surface area contributed by atoms with Gasteiger partial charge >= 0.3 is 0 Å². The predicted octanol–water partition coefficient (Wildman–Crippen LogP) is 1.84. The molecule has 0 aliphatic carbocycles. The van der Waals surface area contributed by atoms with Gasteiger partial charge in [0.25, 0.3) is 5.56 Å². The van der Waals surface area contributed by atoms with E-state index in [1.807, 2.05) is 31.2 Å². The number of aromatic nitrogens is 2. The molecule has 0 unspecified atom stereocenters. The molecular formula is C17H21N3O3. The average Bonchev–Trinajstić information content (AvgIpc) is 2.57. The first kappa shape index (κ1) is 16.7. The molecule has 1 amide bonds. The Kier molecular flexibility index (Phi) is 5.91. The maximum absolute atomic E-state index is 12.1. The summed E-state index contributed by atoms with van der Waals surface area (Å²) in [4.78, 5) is 27.6. The second-order valence-electron chi connectivity index (χ2n) is 4.97. The van der Waals surface area contributed by atoms with Crippen molar-refractivity contribution in [3.05, 3.63) is 47.0 Å². The number of hydrogen-bond donors (Lipinski definition) is 1. The monoisotopic (exact) mass is 315 g/mol. The molecule has 6 nitrogen and oxygen atoms in total. The second-order valence-corrected chi connectivity index (χ2v) is 4.97. The molecule has 0 atom stereocenters. The number of amides is 1. The van der Waals surface area contributed by atoms with Crippen LogP contribution in [0.5, 0.6) is 5.75 Å². The van der Waals surface area contributed by atoms with E-state index < -0.39 is 0 Å². The van der Waals surface area contributed by atoms with Gasteiger partial charge < -0.3 is 10.1 Å². The van der Waals surface area contributed by atoms with Gasteiger partial charge in [-0.05, 0) is 31.2 Å². The van der Waals surface area contributed by atoms with Crippen molar-refractivity contribution in [1.29, 1.82) is 0 Å². The zero-order valence-corrected chi connectivity index (χ0v) is 13.4. The predicted molar refractivity (Wildman–Crippen MR) is 88.4 cm³/mol. The Bertz CT molecular complexity index is 708. The summed E-state index contributed by atoms with van der Waals surface area (Å²) in [6, 6.07) is 8.95. The molecule has 1 N–H and O–H groups in total. The molecule has 0 aliphatic heterocycles. The molecule has 0 spiro atoms. The summed E-state index contributed by atoms with van der Waals surface area (Å²) >= 11 is 0.